The van der Waals surface area contributed by atoms with Crippen LogP contribution in [0.2, 0.25) is 0 Å². The molecule has 1 atom stereocenters. The Kier molecular flexibility index (Phi) is 5.73. The third-order valence-electron chi connectivity index (χ3n) is 3.08. The molecule has 0 aromatic rings. The average Bonchev–Trinajstić information content (AvgIpc) is 2.22. The molecule has 1 fully saturated rings. The highest BCUT2D eigenvalue weighted by atomic mass is 16.5. The molecule has 0 aromatic heterocycles. The maximum atomic E-state index is 9.20. The van der Waals surface area contributed by atoms with Crippen LogP contribution >= 0.6 is 0 Å². The number of aliphatic hydroxyl groups excluding tert-OH is 1. The van der Waals surface area contributed by atoms with Crippen molar-refractivity contribution in [1.82, 2.24) is 4.90 Å². The van der Waals surface area contributed by atoms with Crippen molar-refractivity contribution in [2.75, 3.05) is 26.2 Å². The van der Waals surface area contributed by atoms with Crippen molar-refractivity contribution < 1.29 is 9.84 Å². The quantitative estimate of drug-likeness (QED) is 0.707. The summed E-state index contributed by atoms with van der Waals surface area (Å²) in [5.74, 6) is 0. The third kappa shape index (κ3) is 4.81. The molecule has 96 valence electrons. The Bertz CT molecular complexity index is 194. The van der Waals surface area contributed by atoms with Gasteiger partial charge >= 0.3 is 0 Å². The van der Waals surface area contributed by atoms with Gasteiger partial charge in [-0.3, -0.25) is 4.90 Å². The number of rotatable bonds is 6. The lowest BCUT2D eigenvalue weighted by Crippen LogP contribution is -2.53. The van der Waals surface area contributed by atoms with Crippen LogP contribution in [0.4, 0.5) is 0 Å². The fraction of sp³-hybridized carbons (Fsp3) is 1.00. The molecular formula is C13H27NO2. The Morgan fingerprint density at radius 3 is 2.69 bits per heavy atom. The number of aliphatic hydroxyl groups is 1. The lowest BCUT2D eigenvalue weighted by atomic mass is 10.0. The predicted molar refractivity (Wildman–Crippen MR) is 66.6 cm³/mol. The van der Waals surface area contributed by atoms with Gasteiger partial charge in [-0.15, -0.1) is 0 Å². The Morgan fingerprint density at radius 2 is 2.06 bits per heavy atom. The van der Waals surface area contributed by atoms with E-state index in [4.69, 9.17) is 4.74 Å². The van der Waals surface area contributed by atoms with Gasteiger partial charge in [0.2, 0.25) is 0 Å². The van der Waals surface area contributed by atoms with Crippen LogP contribution in [0.3, 0.4) is 0 Å². The highest BCUT2D eigenvalue weighted by Gasteiger charge is 2.32. The van der Waals surface area contributed by atoms with E-state index in [1.807, 2.05) is 0 Å². The van der Waals surface area contributed by atoms with Crippen molar-refractivity contribution in [1.29, 1.82) is 0 Å². The predicted octanol–water partition coefficient (Wildman–Crippen LogP) is 2.04. The van der Waals surface area contributed by atoms with Crippen molar-refractivity contribution in [3.63, 3.8) is 0 Å². The summed E-state index contributed by atoms with van der Waals surface area (Å²) in [6.07, 6.45) is 5.19. The smallest absolute Gasteiger partial charge is 0.0940 e. The second-order valence-corrected chi connectivity index (χ2v) is 5.48. The first-order valence-corrected chi connectivity index (χ1v) is 6.58. The van der Waals surface area contributed by atoms with E-state index >= 15 is 0 Å². The van der Waals surface area contributed by atoms with Gasteiger partial charge in [0.15, 0.2) is 0 Å². The van der Waals surface area contributed by atoms with E-state index in [9.17, 15) is 5.11 Å². The van der Waals surface area contributed by atoms with Gasteiger partial charge in [-0.25, -0.2) is 0 Å². The minimum Gasteiger partial charge on any atom is -0.394 e. The molecule has 1 saturated heterocycles. The first kappa shape index (κ1) is 13.9. The molecule has 0 spiro atoms. The van der Waals surface area contributed by atoms with Crippen molar-refractivity contribution in [3.05, 3.63) is 0 Å². The second-order valence-electron chi connectivity index (χ2n) is 5.48. The van der Waals surface area contributed by atoms with E-state index in [2.05, 4.69) is 25.7 Å². The number of ether oxygens (including phenoxy) is 1. The largest absolute Gasteiger partial charge is 0.394 e. The number of unbranched alkanes of at least 4 members (excludes halogenated alkanes) is 3. The van der Waals surface area contributed by atoms with E-state index < -0.39 is 0 Å². The van der Waals surface area contributed by atoms with Crippen molar-refractivity contribution in [2.45, 2.75) is 58.2 Å². The first-order valence-electron chi connectivity index (χ1n) is 6.58. The van der Waals surface area contributed by atoms with E-state index in [1.54, 1.807) is 0 Å². The Hall–Kier alpha value is -0.120. The van der Waals surface area contributed by atoms with E-state index in [1.165, 1.54) is 25.7 Å². The third-order valence-corrected chi connectivity index (χ3v) is 3.08. The molecule has 0 bridgehead atoms. The minimum atomic E-state index is -0.115. The first-order chi connectivity index (χ1) is 7.57. The van der Waals surface area contributed by atoms with E-state index in [0.29, 0.717) is 0 Å². The van der Waals surface area contributed by atoms with Gasteiger partial charge in [0.05, 0.1) is 18.3 Å². The molecule has 1 unspecified atom stereocenters. The monoisotopic (exact) mass is 229 g/mol. The number of morpholine rings is 1. The van der Waals surface area contributed by atoms with Gasteiger partial charge in [0.1, 0.15) is 0 Å². The zero-order chi connectivity index (χ0) is 12.0. The van der Waals surface area contributed by atoms with Crippen LogP contribution in [-0.2, 0) is 4.74 Å². The SMILES string of the molecule is CCCCCCN1CC(CO)OC(C)(C)C1. The molecule has 1 aliphatic rings. The zero-order valence-electron chi connectivity index (χ0n) is 11.0. The Balaban J connectivity index is 2.29. The molecule has 3 nitrogen and oxygen atoms in total. The van der Waals surface area contributed by atoms with Crippen LogP contribution in [0.5, 0.6) is 0 Å². The molecule has 1 aliphatic heterocycles. The van der Waals surface area contributed by atoms with Crippen LogP contribution < -0.4 is 0 Å². The molecule has 0 aromatic carbocycles. The summed E-state index contributed by atoms with van der Waals surface area (Å²) in [4.78, 5) is 2.43. The molecule has 16 heavy (non-hydrogen) atoms. The lowest BCUT2D eigenvalue weighted by Gasteiger charge is -2.42. The summed E-state index contributed by atoms with van der Waals surface area (Å²) in [5.41, 5.74) is -0.115. The fourth-order valence-electron chi connectivity index (χ4n) is 2.44. The van der Waals surface area contributed by atoms with Gasteiger partial charge in [0.25, 0.3) is 0 Å². The summed E-state index contributed by atoms with van der Waals surface area (Å²) >= 11 is 0. The molecule has 1 rings (SSSR count). The molecule has 0 amide bonds. The van der Waals surface area contributed by atoms with Crippen molar-refractivity contribution in [3.8, 4) is 0 Å². The second kappa shape index (κ2) is 6.58. The topological polar surface area (TPSA) is 32.7 Å². The molecule has 0 radical (unpaired) electrons. The maximum absolute atomic E-state index is 9.20. The van der Waals surface area contributed by atoms with Gasteiger partial charge in [-0.05, 0) is 26.8 Å². The summed E-state index contributed by atoms with van der Waals surface area (Å²) < 4.78 is 5.79. The average molecular weight is 229 g/mol. The van der Waals surface area contributed by atoms with Crippen LogP contribution in [0.15, 0.2) is 0 Å². The van der Waals surface area contributed by atoms with Gasteiger partial charge in [-0.2, -0.15) is 0 Å². The molecule has 0 saturated carbocycles. The number of hydrogen-bond acceptors (Lipinski definition) is 3. The zero-order valence-corrected chi connectivity index (χ0v) is 11.0. The highest BCUT2D eigenvalue weighted by molar-refractivity contribution is 4.83. The van der Waals surface area contributed by atoms with Crippen molar-refractivity contribution >= 4 is 0 Å². The van der Waals surface area contributed by atoms with Crippen LogP contribution in [0.1, 0.15) is 46.5 Å². The van der Waals surface area contributed by atoms with Crippen LogP contribution in [0.25, 0.3) is 0 Å². The molecule has 0 aliphatic carbocycles. The maximum Gasteiger partial charge on any atom is 0.0940 e. The van der Waals surface area contributed by atoms with E-state index in [0.717, 1.165) is 19.6 Å². The fourth-order valence-corrected chi connectivity index (χ4v) is 2.44. The summed E-state index contributed by atoms with van der Waals surface area (Å²) in [5, 5.41) is 9.20. The molecule has 1 N–H and O–H groups in total. The Morgan fingerprint density at radius 1 is 1.31 bits per heavy atom. The normalized spacial score (nSPS) is 25.9. The number of nitrogens with zero attached hydrogens (tertiary/aromatic N) is 1. The van der Waals surface area contributed by atoms with Crippen LogP contribution in [-0.4, -0.2) is 48.0 Å². The number of hydrogen-bond donors (Lipinski definition) is 1. The van der Waals surface area contributed by atoms with Gasteiger partial charge in [-0.1, -0.05) is 26.2 Å². The lowest BCUT2D eigenvalue weighted by molar-refractivity contribution is -0.148. The molecule has 1 heterocycles. The standard InChI is InChI=1S/C13H27NO2/c1-4-5-6-7-8-14-9-12(10-15)16-13(2,3)11-14/h12,15H,4-11H2,1-3H3. The van der Waals surface area contributed by atoms with Gasteiger partial charge in [0, 0.05) is 13.1 Å². The highest BCUT2D eigenvalue weighted by Crippen LogP contribution is 2.21. The van der Waals surface area contributed by atoms with E-state index in [-0.39, 0.29) is 18.3 Å². The minimum absolute atomic E-state index is 0.00470. The summed E-state index contributed by atoms with van der Waals surface area (Å²) in [6.45, 7) is 9.58. The summed E-state index contributed by atoms with van der Waals surface area (Å²) in [7, 11) is 0. The van der Waals surface area contributed by atoms with Crippen LogP contribution in [0, 0.1) is 0 Å². The Labute approximate surface area is 99.8 Å². The summed E-state index contributed by atoms with van der Waals surface area (Å²) in [6, 6.07) is 0. The van der Waals surface area contributed by atoms with Crippen molar-refractivity contribution in [2.24, 2.45) is 0 Å². The molecular weight excluding hydrogens is 202 g/mol. The van der Waals surface area contributed by atoms with Gasteiger partial charge < -0.3 is 9.84 Å². The molecule has 3 heteroatoms.